The summed E-state index contributed by atoms with van der Waals surface area (Å²) >= 11 is 0. The normalized spacial score (nSPS) is 10.3. The molecule has 2 rings (SSSR count). The number of amides is 2. The quantitative estimate of drug-likeness (QED) is 0.621. The van der Waals surface area contributed by atoms with E-state index < -0.39 is 17.6 Å². The monoisotopic (exact) mass is 344 g/mol. The first-order valence-electron chi connectivity index (χ1n) is 7.36. The Balaban J connectivity index is 1.74. The van der Waals surface area contributed by atoms with Crippen molar-refractivity contribution < 1.29 is 23.5 Å². The maximum absolute atomic E-state index is 12.7. The van der Waals surface area contributed by atoms with Crippen molar-refractivity contribution in [2.45, 2.75) is 0 Å². The molecule has 2 aromatic rings. The molecule has 0 aliphatic rings. The first-order chi connectivity index (χ1) is 12.1. The molecule has 0 saturated heterocycles. The standard InChI is InChI=1S/C18H17FN2O4/c1-24-16-4-2-3-13(11-16)5-10-17(22)20-21-18(23)12-25-15-8-6-14(19)7-9-15/h2-11H,12H2,1H3,(H,20,22)(H,21,23)/b10-5+. The Kier molecular flexibility index (Phi) is 6.53. The lowest BCUT2D eigenvalue weighted by atomic mass is 10.2. The van der Waals surface area contributed by atoms with Crippen LogP contribution in [-0.4, -0.2) is 25.5 Å². The molecular weight excluding hydrogens is 327 g/mol. The van der Waals surface area contributed by atoms with Gasteiger partial charge in [-0.2, -0.15) is 0 Å². The number of rotatable bonds is 6. The number of ether oxygens (including phenoxy) is 2. The van der Waals surface area contributed by atoms with Gasteiger partial charge in [-0.3, -0.25) is 20.4 Å². The van der Waals surface area contributed by atoms with Gasteiger partial charge < -0.3 is 9.47 Å². The van der Waals surface area contributed by atoms with Crippen molar-refractivity contribution in [1.82, 2.24) is 10.9 Å². The lowest BCUT2D eigenvalue weighted by molar-refractivity contribution is -0.128. The van der Waals surface area contributed by atoms with E-state index in [0.717, 1.165) is 5.56 Å². The second-order valence-corrected chi connectivity index (χ2v) is 4.89. The Morgan fingerprint density at radius 2 is 1.84 bits per heavy atom. The number of carbonyl (C=O) groups is 2. The fraction of sp³-hybridized carbons (Fsp3) is 0.111. The van der Waals surface area contributed by atoms with Gasteiger partial charge in [-0.25, -0.2) is 4.39 Å². The minimum atomic E-state index is -0.549. The van der Waals surface area contributed by atoms with E-state index in [-0.39, 0.29) is 6.61 Å². The van der Waals surface area contributed by atoms with Crippen LogP contribution in [0.25, 0.3) is 6.08 Å². The molecule has 0 unspecified atom stereocenters. The number of hydrogen-bond donors (Lipinski definition) is 2. The minimum Gasteiger partial charge on any atom is -0.497 e. The summed E-state index contributed by atoms with van der Waals surface area (Å²) in [7, 11) is 1.55. The van der Waals surface area contributed by atoms with Gasteiger partial charge in [-0.1, -0.05) is 12.1 Å². The van der Waals surface area contributed by atoms with Gasteiger partial charge in [-0.15, -0.1) is 0 Å². The van der Waals surface area contributed by atoms with E-state index in [1.807, 2.05) is 0 Å². The molecule has 0 aliphatic carbocycles. The van der Waals surface area contributed by atoms with Crippen LogP contribution in [0.3, 0.4) is 0 Å². The molecule has 130 valence electrons. The van der Waals surface area contributed by atoms with Crippen molar-refractivity contribution in [2.24, 2.45) is 0 Å². The Morgan fingerprint density at radius 1 is 1.08 bits per heavy atom. The van der Waals surface area contributed by atoms with E-state index in [0.29, 0.717) is 11.5 Å². The Morgan fingerprint density at radius 3 is 2.56 bits per heavy atom. The fourth-order valence-electron chi connectivity index (χ4n) is 1.81. The predicted molar refractivity (Wildman–Crippen MR) is 90.2 cm³/mol. The molecule has 2 N–H and O–H groups in total. The van der Waals surface area contributed by atoms with Gasteiger partial charge in [0, 0.05) is 6.08 Å². The highest BCUT2D eigenvalue weighted by molar-refractivity contribution is 5.93. The van der Waals surface area contributed by atoms with Crippen molar-refractivity contribution in [1.29, 1.82) is 0 Å². The van der Waals surface area contributed by atoms with E-state index in [2.05, 4.69) is 10.9 Å². The van der Waals surface area contributed by atoms with E-state index in [4.69, 9.17) is 9.47 Å². The topological polar surface area (TPSA) is 76.7 Å². The molecule has 25 heavy (non-hydrogen) atoms. The second-order valence-electron chi connectivity index (χ2n) is 4.89. The average Bonchev–Trinajstić information content (AvgIpc) is 2.64. The highest BCUT2D eigenvalue weighted by Crippen LogP contribution is 2.13. The van der Waals surface area contributed by atoms with Crippen LogP contribution in [0.15, 0.2) is 54.6 Å². The highest BCUT2D eigenvalue weighted by Gasteiger charge is 2.04. The Bertz CT molecular complexity index is 760. The van der Waals surface area contributed by atoms with Gasteiger partial charge in [0.2, 0.25) is 0 Å². The number of hydrogen-bond acceptors (Lipinski definition) is 4. The zero-order valence-electron chi connectivity index (χ0n) is 13.5. The summed E-state index contributed by atoms with van der Waals surface area (Å²) in [5.74, 6) is -0.424. The van der Waals surface area contributed by atoms with Crippen LogP contribution < -0.4 is 20.3 Å². The molecule has 0 heterocycles. The molecule has 0 saturated carbocycles. The lowest BCUT2D eigenvalue weighted by Crippen LogP contribution is -2.43. The molecular formula is C18H17FN2O4. The predicted octanol–water partition coefficient (Wildman–Crippen LogP) is 2.07. The van der Waals surface area contributed by atoms with E-state index in [9.17, 15) is 14.0 Å². The zero-order chi connectivity index (χ0) is 18.1. The maximum atomic E-state index is 12.7. The van der Waals surface area contributed by atoms with Crippen LogP contribution >= 0.6 is 0 Å². The Hall–Kier alpha value is -3.35. The van der Waals surface area contributed by atoms with Crippen molar-refractivity contribution in [2.75, 3.05) is 13.7 Å². The van der Waals surface area contributed by atoms with Crippen LogP contribution in [0, 0.1) is 5.82 Å². The average molecular weight is 344 g/mol. The largest absolute Gasteiger partial charge is 0.497 e. The van der Waals surface area contributed by atoms with Gasteiger partial charge in [0.25, 0.3) is 11.8 Å². The van der Waals surface area contributed by atoms with Gasteiger partial charge >= 0.3 is 0 Å². The van der Waals surface area contributed by atoms with Crippen LogP contribution in [-0.2, 0) is 9.59 Å². The fourth-order valence-corrected chi connectivity index (χ4v) is 1.81. The van der Waals surface area contributed by atoms with Crippen LogP contribution in [0.5, 0.6) is 11.5 Å². The van der Waals surface area contributed by atoms with Gasteiger partial charge in [0.1, 0.15) is 17.3 Å². The lowest BCUT2D eigenvalue weighted by Gasteiger charge is -2.07. The molecule has 0 aromatic heterocycles. The van der Waals surface area contributed by atoms with Gasteiger partial charge in [-0.05, 0) is 48.0 Å². The number of benzene rings is 2. The van der Waals surface area contributed by atoms with Gasteiger partial charge in [0.05, 0.1) is 7.11 Å². The van der Waals surface area contributed by atoms with E-state index in [1.54, 1.807) is 37.5 Å². The van der Waals surface area contributed by atoms with Crippen molar-refractivity contribution in [3.05, 3.63) is 66.0 Å². The summed E-state index contributed by atoms with van der Waals surface area (Å²) in [6, 6.07) is 12.4. The molecule has 7 heteroatoms. The molecule has 6 nitrogen and oxygen atoms in total. The highest BCUT2D eigenvalue weighted by atomic mass is 19.1. The smallest absolute Gasteiger partial charge is 0.276 e. The zero-order valence-corrected chi connectivity index (χ0v) is 13.5. The number of nitrogens with one attached hydrogen (secondary N) is 2. The van der Waals surface area contributed by atoms with Crippen LogP contribution in [0.1, 0.15) is 5.56 Å². The molecule has 0 fully saturated rings. The number of hydrazine groups is 1. The number of carbonyl (C=O) groups excluding carboxylic acids is 2. The third-order valence-corrected chi connectivity index (χ3v) is 3.03. The Labute approximate surface area is 144 Å². The minimum absolute atomic E-state index is 0.314. The summed E-state index contributed by atoms with van der Waals surface area (Å²) in [4.78, 5) is 23.2. The second kappa shape index (κ2) is 9.07. The number of methoxy groups -OCH3 is 1. The van der Waals surface area contributed by atoms with E-state index in [1.165, 1.54) is 30.3 Å². The van der Waals surface area contributed by atoms with Crippen molar-refractivity contribution in [3.63, 3.8) is 0 Å². The van der Waals surface area contributed by atoms with Crippen LogP contribution in [0.4, 0.5) is 4.39 Å². The third-order valence-electron chi connectivity index (χ3n) is 3.03. The first-order valence-corrected chi connectivity index (χ1v) is 7.36. The maximum Gasteiger partial charge on any atom is 0.276 e. The van der Waals surface area contributed by atoms with Crippen molar-refractivity contribution in [3.8, 4) is 11.5 Å². The third kappa shape index (κ3) is 6.34. The molecule has 0 bridgehead atoms. The summed E-state index contributed by atoms with van der Waals surface area (Å²) < 4.78 is 23.0. The number of halogens is 1. The van der Waals surface area contributed by atoms with Crippen molar-refractivity contribution >= 4 is 17.9 Å². The van der Waals surface area contributed by atoms with Crippen LogP contribution in [0.2, 0.25) is 0 Å². The summed E-state index contributed by atoms with van der Waals surface area (Å²) in [6.07, 6.45) is 2.86. The molecule has 0 radical (unpaired) electrons. The first kappa shape index (κ1) is 18.0. The SMILES string of the molecule is COc1cccc(/C=C/C(=O)NNC(=O)COc2ccc(F)cc2)c1. The van der Waals surface area contributed by atoms with E-state index >= 15 is 0 Å². The molecule has 0 atom stereocenters. The van der Waals surface area contributed by atoms with Gasteiger partial charge in [0.15, 0.2) is 6.61 Å². The summed E-state index contributed by atoms with van der Waals surface area (Å²) in [6.45, 7) is -0.314. The molecule has 2 amide bonds. The molecule has 0 spiro atoms. The summed E-state index contributed by atoms with van der Waals surface area (Å²) in [5.41, 5.74) is 5.22. The summed E-state index contributed by atoms with van der Waals surface area (Å²) in [5, 5.41) is 0. The molecule has 2 aromatic carbocycles. The molecule has 0 aliphatic heterocycles.